The van der Waals surface area contributed by atoms with Crippen LogP contribution in [-0.4, -0.2) is 13.4 Å². The molecule has 56 heavy (non-hydrogen) atoms. The normalized spacial score (nSPS) is 12.3. The minimum Gasteiger partial charge on any atom is -0.310 e. The molecule has 0 saturated carbocycles. The zero-order valence-electron chi connectivity index (χ0n) is 30.3. The quantitative estimate of drug-likeness (QED) is 0.178. The summed E-state index contributed by atoms with van der Waals surface area (Å²) in [4.78, 5) is 2.34. The van der Waals surface area contributed by atoms with Gasteiger partial charge < -0.3 is 18.3 Å². The van der Waals surface area contributed by atoms with Crippen molar-refractivity contribution in [3.8, 4) is 5.69 Å². The predicted molar refractivity (Wildman–Crippen MR) is 236 cm³/mol. The maximum absolute atomic E-state index is 2.55. The molecule has 0 radical (unpaired) electrons. The van der Waals surface area contributed by atoms with Gasteiger partial charge in [-0.1, -0.05) is 115 Å². The number of fused-ring (bicyclic) bond motifs is 13. The Morgan fingerprint density at radius 3 is 1.57 bits per heavy atom. The Labute approximate surface area is 321 Å². The molecule has 0 aliphatic rings. The van der Waals surface area contributed by atoms with Crippen LogP contribution in [0.2, 0.25) is 0 Å². The molecule has 260 valence electrons. The van der Waals surface area contributed by atoms with Crippen LogP contribution in [0.4, 0.5) is 17.1 Å². The van der Waals surface area contributed by atoms with E-state index in [1.807, 2.05) is 0 Å². The molecule has 13 aromatic rings. The van der Waals surface area contributed by atoms with Crippen LogP contribution >= 0.6 is 0 Å². The lowest BCUT2D eigenvalue weighted by molar-refractivity contribution is 1.17. The van der Waals surface area contributed by atoms with Crippen LogP contribution in [-0.2, 0) is 0 Å². The van der Waals surface area contributed by atoms with Crippen LogP contribution in [0.25, 0.3) is 92.9 Å². The van der Waals surface area contributed by atoms with Crippen LogP contribution in [0.15, 0.2) is 194 Å². The summed E-state index contributed by atoms with van der Waals surface area (Å²) < 4.78 is 7.52. The highest BCUT2D eigenvalue weighted by atomic mass is 15.1. The Morgan fingerprint density at radius 2 is 0.839 bits per heavy atom. The molecule has 0 spiro atoms. The number of benzene rings is 9. The lowest BCUT2D eigenvalue weighted by atomic mass is 10.0. The van der Waals surface area contributed by atoms with Crippen molar-refractivity contribution in [1.82, 2.24) is 13.4 Å². The molecule has 4 nitrogen and oxygen atoms in total. The summed E-state index contributed by atoms with van der Waals surface area (Å²) in [7, 11) is 0. The molecule has 0 saturated heterocycles. The zero-order valence-corrected chi connectivity index (χ0v) is 30.3. The molecule has 4 heterocycles. The molecule has 0 N–H and O–H groups in total. The third kappa shape index (κ3) is 3.82. The first kappa shape index (κ1) is 29.8. The molecule has 4 aromatic heterocycles. The first-order valence-corrected chi connectivity index (χ1v) is 19.3. The molecule has 0 bridgehead atoms. The van der Waals surface area contributed by atoms with Gasteiger partial charge in [0.15, 0.2) is 0 Å². The molecule has 0 fully saturated rings. The molecular weight excluding hydrogens is 681 g/mol. The van der Waals surface area contributed by atoms with Gasteiger partial charge >= 0.3 is 0 Å². The first-order valence-electron chi connectivity index (χ1n) is 19.3. The number of hydrogen-bond acceptors (Lipinski definition) is 1. The van der Waals surface area contributed by atoms with E-state index in [9.17, 15) is 0 Å². The van der Waals surface area contributed by atoms with Crippen LogP contribution < -0.4 is 4.90 Å². The van der Waals surface area contributed by atoms with Gasteiger partial charge in [0.1, 0.15) is 0 Å². The van der Waals surface area contributed by atoms with Crippen LogP contribution in [0.3, 0.4) is 0 Å². The molecule has 4 heteroatoms. The fraction of sp³-hybridized carbons (Fsp3) is 0. The van der Waals surface area contributed by atoms with E-state index in [-0.39, 0.29) is 0 Å². The molecule has 0 aliphatic heterocycles. The van der Waals surface area contributed by atoms with E-state index >= 15 is 0 Å². The number of nitrogens with zero attached hydrogens (tertiary/aromatic N) is 4. The average Bonchev–Trinajstić information content (AvgIpc) is 3.87. The number of para-hydroxylation sites is 6. The lowest BCUT2D eigenvalue weighted by Gasteiger charge is -2.26. The molecule has 13 rings (SSSR count). The highest BCUT2D eigenvalue weighted by Gasteiger charge is 2.24. The van der Waals surface area contributed by atoms with Gasteiger partial charge in [-0.2, -0.15) is 0 Å². The smallest absolute Gasteiger partial charge is 0.0703 e. The summed E-state index contributed by atoms with van der Waals surface area (Å²) in [5.74, 6) is 0. The van der Waals surface area contributed by atoms with Crippen molar-refractivity contribution in [3.05, 3.63) is 194 Å². The number of aromatic nitrogens is 3. The highest BCUT2D eigenvalue weighted by molar-refractivity contribution is 6.35. The standard InChI is InChI=1S/C52H32N4/c1-3-14-34(15-4-1)53(35-16-5-2-6-17-35)36-18-13-19-37(32-36)54-43-23-10-8-21-40(43)49-46(54)30-31-47-50(49)41-29-27-33-26-28-39-38-20-7-9-22-42(38)55-44-24-11-12-25-45(44)56(47)52(41)48(33)51(39)55/h1-32H. The minimum absolute atomic E-state index is 1.10. The Bertz CT molecular complexity index is 3660. The molecular formula is C52H32N4. The third-order valence-corrected chi connectivity index (χ3v) is 12.1. The largest absolute Gasteiger partial charge is 0.310 e. The van der Waals surface area contributed by atoms with Gasteiger partial charge in [-0.15, -0.1) is 0 Å². The van der Waals surface area contributed by atoms with Gasteiger partial charge in [0.25, 0.3) is 0 Å². The second-order valence-electron chi connectivity index (χ2n) is 14.9. The van der Waals surface area contributed by atoms with Gasteiger partial charge in [-0.3, -0.25) is 0 Å². The summed E-state index contributed by atoms with van der Waals surface area (Å²) in [6.07, 6.45) is 0. The monoisotopic (exact) mass is 712 g/mol. The van der Waals surface area contributed by atoms with Gasteiger partial charge in [0.2, 0.25) is 0 Å². The van der Waals surface area contributed by atoms with Crippen molar-refractivity contribution in [1.29, 1.82) is 0 Å². The van der Waals surface area contributed by atoms with Crippen molar-refractivity contribution < 1.29 is 0 Å². The van der Waals surface area contributed by atoms with Crippen molar-refractivity contribution in [2.75, 3.05) is 4.90 Å². The first-order chi connectivity index (χ1) is 27.8. The van der Waals surface area contributed by atoms with E-state index in [0.29, 0.717) is 0 Å². The maximum Gasteiger partial charge on any atom is 0.0703 e. The van der Waals surface area contributed by atoms with Crippen molar-refractivity contribution in [2.24, 2.45) is 0 Å². The summed E-state index contributed by atoms with van der Waals surface area (Å²) in [6.45, 7) is 0. The second kappa shape index (κ2) is 11.0. The van der Waals surface area contributed by atoms with Gasteiger partial charge in [0.05, 0.1) is 44.1 Å². The van der Waals surface area contributed by atoms with E-state index in [1.165, 1.54) is 87.2 Å². The summed E-state index contributed by atoms with van der Waals surface area (Å²) in [5, 5.41) is 10.2. The molecule has 0 amide bonds. The SMILES string of the molecule is c1ccc(N(c2ccccc2)c2cccc(-n3c4ccccc4c4c5c6ccc7ccc8c9ccccc9n9c%10ccccc%10n(c5ccc43)c6c7c89)c2)cc1. The topological polar surface area (TPSA) is 17.0 Å². The third-order valence-electron chi connectivity index (χ3n) is 12.1. The van der Waals surface area contributed by atoms with Crippen molar-refractivity contribution >= 4 is 104 Å². The fourth-order valence-electron chi connectivity index (χ4n) is 9.90. The van der Waals surface area contributed by atoms with Crippen molar-refractivity contribution in [3.63, 3.8) is 0 Å². The summed E-state index contributed by atoms with van der Waals surface area (Å²) >= 11 is 0. The summed E-state index contributed by atoms with van der Waals surface area (Å²) in [6, 6.07) is 71.0. The Morgan fingerprint density at radius 1 is 0.304 bits per heavy atom. The predicted octanol–water partition coefficient (Wildman–Crippen LogP) is 14.0. The number of rotatable bonds is 4. The Hall–Kier alpha value is -7.56. The number of hydrogen-bond donors (Lipinski definition) is 0. The zero-order chi connectivity index (χ0) is 36.5. The fourth-order valence-corrected chi connectivity index (χ4v) is 9.90. The Balaban J connectivity index is 1.17. The maximum atomic E-state index is 2.55. The average molecular weight is 713 g/mol. The van der Waals surface area contributed by atoms with Crippen molar-refractivity contribution in [2.45, 2.75) is 0 Å². The highest BCUT2D eigenvalue weighted by Crippen LogP contribution is 2.47. The lowest BCUT2D eigenvalue weighted by Crippen LogP contribution is -2.10. The minimum atomic E-state index is 1.10. The molecule has 9 aromatic carbocycles. The van der Waals surface area contributed by atoms with E-state index < -0.39 is 0 Å². The molecule has 0 atom stereocenters. The van der Waals surface area contributed by atoms with Crippen LogP contribution in [0.1, 0.15) is 0 Å². The van der Waals surface area contributed by atoms with Crippen LogP contribution in [0.5, 0.6) is 0 Å². The van der Waals surface area contributed by atoms with E-state index in [4.69, 9.17) is 0 Å². The van der Waals surface area contributed by atoms with E-state index in [2.05, 4.69) is 212 Å². The van der Waals surface area contributed by atoms with Gasteiger partial charge in [-0.05, 0) is 84.2 Å². The number of anilines is 3. The second-order valence-corrected chi connectivity index (χ2v) is 14.9. The van der Waals surface area contributed by atoms with Crippen LogP contribution in [0, 0.1) is 0 Å². The molecule has 0 aliphatic carbocycles. The Kier molecular flexibility index (Phi) is 5.86. The van der Waals surface area contributed by atoms with E-state index in [1.54, 1.807) is 0 Å². The van der Waals surface area contributed by atoms with Gasteiger partial charge in [0, 0.05) is 60.5 Å². The summed E-state index contributed by atoms with van der Waals surface area (Å²) in [5.41, 5.74) is 14.2. The van der Waals surface area contributed by atoms with E-state index in [0.717, 1.165) is 22.7 Å². The van der Waals surface area contributed by atoms with Gasteiger partial charge in [-0.25, -0.2) is 0 Å². The molecule has 0 unspecified atom stereocenters.